The number of carbonyl (C=O) groups is 4. The summed E-state index contributed by atoms with van der Waals surface area (Å²) >= 11 is 0. The third-order valence-electron chi connectivity index (χ3n) is 16.7. The number of aromatic nitrogens is 4. The van der Waals surface area contributed by atoms with Gasteiger partial charge in [0.05, 0.1) is 48.4 Å². The van der Waals surface area contributed by atoms with Gasteiger partial charge in [0.25, 0.3) is 11.8 Å². The van der Waals surface area contributed by atoms with Crippen LogP contribution in [0.25, 0.3) is 54.7 Å². The van der Waals surface area contributed by atoms with E-state index in [1.807, 2.05) is 52.3 Å². The summed E-state index contributed by atoms with van der Waals surface area (Å²) in [5.74, 6) is 2.33. The van der Waals surface area contributed by atoms with Crippen molar-refractivity contribution in [3.05, 3.63) is 144 Å². The third kappa shape index (κ3) is 7.52. The van der Waals surface area contributed by atoms with Crippen LogP contribution in [0.2, 0.25) is 0 Å². The zero-order valence-corrected chi connectivity index (χ0v) is 40.3. The second-order valence-electron chi connectivity index (χ2n) is 20.7. The van der Waals surface area contributed by atoms with Gasteiger partial charge < -0.3 is 39.9 Å². The Kier molecular flexibility index (Phi) is 10.8. The van der Waals surface area contributed by atoms with E-state index in [1.54, 1.807) is 0 Å². The molecular formula is C58H56N8O6. The molecule has 3 aliphatic carbocycles. The van der Waals surface area contributed by atoms with Crippen LogP contribution < -0.4 is 10.6 Å². The topological polar surface area (TPSA) is 175 Å². The molecule has 2 bridgehead atoms. The van der Waals surface area contributed by atoms with Crippen molar-refractivity contribution in [1.82, 2.24) is 40.4 Å². The molecule has 364 valence electrons. The summed E-state index contributed by atoms with van der Waals surface area (Å²) < 4.78 is 9.98. The first kappa shape index (κ1) is 44.2. The van der Waals surface area contributed by atoms with E-state index in [1.165, 1.54) is 32.6 Å². The molecule has 14 nitrogen and oxygen atoms in total. The number of fused-ring (bicyclic) bond motifs is 9. The van der Waals surface area contributed by atoms with Crippen molar-refractivity contribution < 1.29 is 28.7 Å². The summed E-state index contributed by atoms with van der Waals surface area (Å²) in [6.45, 7) is 0. The number of benzene rings is 6. The number of H-pyrrole nitrogens is 2. The van der Waals surface area contributed by atoms with Crippen LogP contribution in [0.5, 0.6) is 0 Å². The summed E-state index contributed by atoms with van der Waals surface area (Å²) in [6, 6.07) is 36.8. The molecule has 72 heavy (non-hydrogen) atoms. The highest BCUT2D eigenvalue weighted by atomic mass is 16.5. The number of imidazole rings is 2. The summed E-state index contributed by atoms with van der Waals surface area (Å²) in [7, 11) is 2.63. The molecule has 13 rings (SSSR count). The fourth-order valence-corrected chi connectivity index (χ4v) is 13.1. The van der Waals surface area contributed by atoms with Gasteiger partial charge >= 0.3 is 12.2 Å². The van der Waals surface area contributed by atoms with E-state index in [0.29, 0.717) is 17.4 Å². The van der Waals surface area contributed by atoms with Crippen LogP contribution in [0.3, 0.4) is 0 Å². The number of nitrogens with one attached hydrogen (secondary N) is 4. The zero-order valence-electron chi connectivity index (χ0n) is 40.3. The number of alkyl carbamates (subject to hydrolysis) is 2. The van der Waals surface area contributed by atoms with Crippen LogP contribution in [-0.2, 0) is 19.1 Å². The average molecular weight is 961 g/mol. The maximum absolute atomic E-state index is 14.8. The van der Waals surface area contributed by atoms with Crippen molar-refractivity contribution >= 4 is 67.6 Å². The number of likely N-dealkylation sites (tertiary alicyclic amines) is 2. The van der Waals surface area contributed by atoms with Gasteiger partial charge in [0.15, 0.2) is 0 Å². The van der Waals surface area contributed by atoms with Gasteiger partial charge in [0, 0.05) is 22.9 Å². The molecule has 2 saturated heterocycles. The number of rotatable bonds is 10. The van der Waals surface area contributed by atoms with Crippen molar-refractivity contribution in [1.29, 1.82) is 0 Å². The fourth-order valence-electron chi connectivity index (χ4n) is 13.1. The molecule has 0 unspecified atom stereocenters. The number of aromatic amines is 2. The number of nitrogens with zero attached hydrogens (tertiary/aromatic N) is 4. The van der Waals surface area contributed by atoms with E-state index in [9.17, 15) is 19.2 Å². The third-order valence-corrected chi connectivity index (χ3v) is 16.7. The summed E-state index contributed by atoms with van der Waals surface area (Å²) in [5.41, 5.74) is 8.36. The van der Waals surface area contributed by atoms with Gasteiger partial charge in [0.1, 0.15) is 23.7 Å². The number of methoxy groups -OCH3 is 2. The average Bonchev–Trinajstić information content (AvgIpc) is 4.18. The molecule has 8 aromatic rings. The van der Waals surface area contributed by atoms with E-state index in [2.05, 4.69) is 93.4 Å². The van der Waals surface area contributed by atoms with Crippen molar-refractivity contribution in [3.8, 4) is 11.1 Å². The lowest BCUT2D eigenvalue weighted by Gasteiger charge is -2.36. The number of hydrogen-bond donors (Lipinski definition) is 4. The Morgan fingerprint density at radius 2 is 1.21 bits per heavy atom. The number of piperidine rings is 2. The van der Waals surface area contributed by atoms with Gasteiger partial charge in [-0.05, 0) is 126 Å². The van der Waals surface area contributed by atoms with Gasteiger partial charge in [-0.25, -0.2) is 19.6 Å². The number of amides is 4. The standard InChI is InChI=1S/C58H56N8O6/c1-71-57(69)63-48(32-11-4-3-5-12-32)55(67)65-41-20-15-39(28-41)52(65)54-60-45-24-19-37-26-35(17-22-43(37)51(45)62-54)34-16-21-42-36(25-34)18-23-44-50(42)61-53(59-44)47-30-40-29-46(40)66(47)56(68)49(64-58(70)72-2)38-14-8-13-33(27-38)31-9-6-7-10-31/h3-5,8,11-14,16-19,21-27,31,39-41,46-49,52H,6-7,9-10,15,20,28-30H2,1-2H3,(H,59,61)(H,60,62)(H,63,69)(H,64,70)/t39-,40+,41+,46+,47-,48+,49+,52-/m0/s1. The van der Waals surface area contributed by atoms with E-state index in [0.717, 1.165) is 117 Å². The van der Waals surface area contributed by atoms with Crippen molar-refractivity contribution in [3.63, 3.8) is 0 Å². The normalized spacial score (nSPS) is 23.2. The van der Waals surface area contributed by atoms with E-state index >= 15 is 0 Å². The number of carbonyl (C=O) groups excluding carboxylic acids is 4. The van der Waals surface area contributed by atoms with Gasteiger partial charge in [-0.1, -0.05) is 104 Å². The largest absolute Gasteiger partial charge is 0.453 e. The lowest BCUT2D eigenvalue weighted by atomic mass is 9.93. The maximum Gasteiger partial charge on any atom is 0.407 e. The van der Waals surface area contributed by atoms with Crippen molar-refractivity contribution in [2.75, 3.05) is 14.2 Å². The van der Waals surface area contributed by atoms with Crippen molar-refractivity contribution in [2.24, 2.45) is 11.8 Å². The van der Waals surface area contributed by atoms with Crippen LogP contribution in [0.1, 0.15) is 116 Å². The molecule has 4 amide bonds. The molecule has 3 saturated carbocycles. The van der Waals surface area contributed by atoms with Crippen LogP contribution in [0.15, 0.2) is 115 Å². The molecule has 14 heteroatoms. The zero-order chi connectivity index (χ0) is 48.8. The van der Waals surface area contributed by atoms with Crippen LogP contribution in [0, 0.1) is 11.8 Å². The SMILES string of the molecule is COC(=O)N[C@@H](C(=O)N1[C@@H]2CC[C@@H](C2)[C@H]1c1nc2c(ccc3cc(-c4ccc5c(ccc6[nH]c([C@@H]7C[C@H]8C[C@H]8N7C(=O)[C@H](NC(=O)OC)c7cccc(C8CCCC8)c7)nc65)c4)ccc32)[nH]1)c1ccccc1. The summed E-state index contributed by atoms with van der Waals surface area (Å²) in [4.78, 5) is 76.3. The molecule has 5 aliphatic rings. The number of hydrogen-bond acceptors (Lipinski definition) is 8. The molecule has 2 aliphatic heterocycles. The van der Waals surface area contributed by atoms with Gasteiger partial charge in [-0.3, -0.25) is 9.59 Å². The van der Waals surface area contributed by atoms with Crippen LogP contribution >= 0.6 is 0 Å². The molecule has 4 heterocycles. The predicted molar refractivity (Wildman–Crippen MR) is 274 cm³/mol. The molecule has 0 radical (unpaired) electrons. The van der Waals surface area contributed by atoms with Crippen molar-refractivity contribution in [2.45, 2.75) is 100.0 Å². The predicted octanol–water partition coefficient (Wildman–Crippen LogP) is 11.0. The smallest absolute Gasteiger partial charge is 0.407 e. The molecule has 4 N–H and O–H groups in total. The highest BCUT2D eigenvalue weighted by Gasteiger charge is 2.56. The van der Waals surface area contributed by atoms with Gasteiger partial charge in [-0.2, -0.15) is 0 Å². The minimum absolute atomic E-state index is 0.0590. The molecular weight excluding hydrogens is 905 g/mol. The molecule has 6 aromatic carbocycles. The summed E-state index contributed by atoms with van der Waals surface area (Å²) in [6.07, 6.45) is 7.97. The minimum atomic E-state index is -0.889. The van der Waals surface area contributed by atoms with Gasteiger partial charge in [-0.15, -0.1) is 0 Å². The van der Waals surface area contributed by atoms with E-state index in [-0.39, 0.29) is 41.9 Å². The van der Waals surface area contributed by atoms with Crippen LogP contribution in [0.4, 0.5) is 9.59 Å². The fraction of sp³-hybridized carbons (Fsp3) is 0.345. The summed E-state index contributed by atoms with van der Waals surface area (Å²) in [5, 5.41) is 9.84. The molecule has 2 aromatic heterocycles. The lowest BCUT2D eigenvalue weighted by molar-refractivity contribution is -0.138. The van der Waals surface area contributed by atoms with Gasteiger partial charge in [0.2, 0.25) is 0 Å². The van der Waals surface area contributed by atoms with E-state index in [4.69, 9.17) is 19.4 Å². The first-order valence-electron chi connectivity index (χ1n) is 25.5. The number of ether oxygens (including phenoxy) is 2. The monoisotopic (exact) mass is 960 g/mol. The Hall–Kier alpha value is -7.74. The van der Waals surface area contributed by atoms with Crippen LogP contribution in [-0.4, -0.2) is 80.0 Å². The first-order valence-corrected chi connectivity index (χ1v) is 25.5. The molecule has 5 fully saturated rings. The second kappa shape index (κ2) is 17.5. The quantitative estimate of drug-likeness (QED) is 0.105. The Bertz CT molecular complexity index is 3470. The Balaban J connectivity index is 0.776. The van der Waals surface area contributed by atoms with E-state index < -0.39 is 24.3 Å². The minimum Gasteiger partial charge on any atom is -0.453 e. The Morgan fingerprint density at radius 3 is 1.88 bits per heavy atom. The second-order valence-corrected chi connectivity index (χ2v) is 20.7. The highest BCUT2D eigenvalue weighted by molar-refractivity contribution is 6.08. The first-order chi connectivity index (χ1) is 35.2. The molecule has 0 spiro atoms. The molecule has 8 atom stereocenters. The Labute approximate surface area is 415 Å². The maximum atomic E-state index is 14.8. The highest BCUT2D eigenvalue weighted by Crippen LogP contribution is 2.55. The Morgan fingerprint density at radius 1 is 0.597 bits per heavy atom. The lowest BCUT2D eigenvalue weighted by Crippen LogP contribution is -2.47.